The Morgan fingerprint density at radius 3 is 1.50 bits per heavy atom. The molecule has 4 N–H and O–H groups in total. The van der Waals surface area contributed by atoms with Crippen molar-refractivity contribution < 1.29 is 19.8 Å². The summed E-state index contributed by atoms with van der Waals surface area (Å²) in [7, 11) is 0. The number of benzene rings is 3. The summed E-state index contributed by atoms with van der Waals surface area (Å²) in [6.45, 7) is 0. The number of nitrogens with zero attached hydrogens (tertiary/aromatic N) is 3. The first-order chi connectivity index (χ1) is 15.5. The van der Waals surface area contributed by atoms with E-state index >= 15 is 0 Å². The number of aromatic nitrogens is 3. The molecule has 0 unspecified atom stereocenters. The molecule has 0 aliphatic carbocycles. The van der Waals surface area contributed by atoms with Gasteiger partial charge in [-0.1, -0.05) is 54.6 Å². The van der Waals surface area contributed by atoms with Crippen molar-refractivity contribution in [2.75, 3.05) is 10.6 Å². The van der Waals surface area contributed by atoms with Crippen molar-refractivity contribution >= 4 is 23.7 Å². The van der Waals surface area contributed by atoms with Crippen molar-refractivity contribution in [3.63, 3.8) is 0 Å². The lowest BCUT2D eigenvalue weighted by Crippen LogP contribution is -2.19. The lowest BCUT2D eigenvalue weighted by molar-refractivity contribution is 0.101. The molecule has 9 heteroatoms. The molecule has 0 aliphatic rings. The molecule has 0 saturated heterocycles. The fourth-order valence-corrected chi connectivity index (χ4v) is 2.87. The molecule has 2 amide bonds. The van der Waals surface area contributed by atoms with Crippen LogP contribution in [0.2, 0.25) is 0 Å². The average Bonchev–Trinajstić information content (AvgIpc) is 2.80. The Kier molecular flexibility index (Phi) is 5.71. The number of aromatic hydroxyl groups is 2. The van der Waals surface area contributed by atoms with E-state index in [2.05, 4.69) is 25.6 Å². The molecule has 4 aromatic rings. The van der Waals surface area contributed by atoms with Gasteiger partial charge in [0.25, 0.3) is 11.8 Å². The maximum atomic E-state index is 12.6. The second-order valence-electron chi connectivity index (χ2n) is 6.61. The lowest BCUT2D eigenvalue weighted by Gasteiger charge is -2.10. The fraction of sp³-hybridized carbons (Fsp3) is 0. The van der Waals surface area contributed by atoms with Crippen molar-refractivity contribution in [3.05, 3.63) is 90.0 Å². The van der Waals surface area contributed by atoms with E-state index in [1.165, 1.54) is 24.3 Å². The third-order valence-corrected chi connectivity index (χ3v) is 4.42. The first-order valence-electron chi connectivity index (χ1n) is 9.51. The Morgan fingerprint density at radius 2 is 1.03 bits per heavy atom. The summed E-state index contributed by atoms with van der Waals surface area (Å²) in [4.78, 5) is 37.8. The van der Waals surface area contributed by atoms with Crippen molar-refractivity contribution in [3.8, 4) is 22.9 Å². The van der Waals surface area contributed by atoms with E-state index in [-0.39, 0.29) is 40.3 Å². The number of para-hydroxylation sites is 2. The Labute approximate surface area is 182 Å². The quantitative estimate of drug-likeness (QED) is 0.383. The van der Waals surface area contributed by atoms with Gasteiger partial charge in [-0.05, 0) is 24.3 Å². The zero-order valence-corrected chi connectivity index (χ0v) is 16.6. The number of carbonyl (C=O) groups is 2. The second-order valence-corrected chi connectivity index (χ2v) is 6.61. The van der Waals surface area contributed by atoms with E-state index in [1.807, 2.05) is 6.07 Å². The highest BCUT2D eigenvalue weighted by Crippen LogP contribution is 2.21. The van der Waals surface area contributed by atoms with Crippen LogP contribution in [0.4, 0.5) is 11.9 Å². The normalized spacial score (nSPS) is 10.4. The van der Waals surface area contributed by atoms with Crippen molar-refractivity contribution in [2.45, 2.75) is 0 Å². The van der Waals surface area contributed by atoms with Crippen LogP contribution >= 0.6 is 0 Å². The molecule has 0 spiro atoms. The SMILES string of the molecule is O=C(Nc1nc(NC(=O)c2ccccc2O)nc(-c2ccccc2)n1)c1ccccc1O. The molecule has 0 fully saturated rings. The molecule has 9 nitrogen and oxygen atoms in total. The average molecular weight is 427 g/mol. The number of phenols is 2. The van der Waals surface area contributed by atoms with Gasteiger partial charge in [0.15, 0.2) is 5.82 Å². The molecule has 0 saturated carbocycles. The number of hydrogen-bond donors (Lipinski definition) is 4. The van der Waals surface area contributed by atoms with Gasteiger partial charge < -0.3 is 10.2 Å². The van der Waals surface area contributed by atoms with Gasteiger partial charge >= 0.3 is 0 Å². The van der Waals surface area contributed by atoms with Gasteiger partial charge in [-0.3, -0.25) is 20.2 Å². The Bertz CT molecular complexity index is 1220. The number of carbonyl (C=O) groups excluding carboxylic acids is 2. The van der Waals surface area contributed by atoms with Gasteiger partial charge in [-0.15, -0.1) is 0 Å². The molecule has 0 atom stereocenters. The minimum absolute atomic E-state index is 0.0361. The molecule has 0 radical (unpaired) electrons. The number of rotatable bonds is 5. The summed E-state index contributed by atoms with van der Waals surface area (Å²) >= 11 is 0. The maximum Gasteiger partial charge on any atom is 0.261 e. The highest BCUT2D eigenvalue weighted by Gasteiger charge is 2.17. The number of nitrogens with one attached hydrogen (secondary N) is 2. The van der Waals surface area contributed by atoms with Crippen LogP contribution < -0.4 is 10.6 Å². The van der Waals surface area contributed by atoms with Crippen molar-refractivity contribution in [1.82, 2.24) is 15.0 Å². The third-order valence-electron chi connectivity index (χ3n) is 4.42. The minimum Gasteiger partial charge on any atom is -0.507 e. The predicted molar refractivity (Wildman–Crippen MR) is 117 cm³/mol. The lowest BCUT2D eigenvalue weighted by atomic mass is 10.2. The first-order valence-corrected chi connectivity index (χ1v) is 9.51. The molecular formula is C23H17N5O4. The van der Waals surface area contributed by atoms with E-state index in [0.717, 1.165) is 0 Å². The van der Waals surface area contributed by atoms with Crippen LogP contribution in [0, 0.1) is 0 Å². The van der Waals surface area contributed by atoms with Crippen LogP contribution in [0.3, 0.4) is 0 Å². The minimum atomic E-state index is -0.633. The van der Waals surface area contributed by atoms with Crippen LogP contribution in [0.15, 0.2) is 78.9 Å². The monoisotopic (exact) mass is 427 g/mol. The molecule has 1 heterocycles. The fourth-order valence-electron chi connectivity index (χ4n) is 2.87. The van der Waals surface area contributed by atoms with Gasteiger partial charge in [0.1, 0.15) is 11.5 Å². The largest absolute Gasteiger partial charge is 0.507 e. The van der Waals surface area contributed by atoms with E-state index in [1.54, 1.807) is 48.5 Å². The highest BCUT2D eigenvalue weighted by atomic mass is 16.3. The van der Waals surface area contributed by atoms with Gasteiger partial charge in [-0.25, -0.2) is 0 Å². The molecule has 32 heavy (non-hydrogen) atoms. The van der Waals surface area contributed by atoms with Crippen LogP contribution in [-0.4, -0.2) is 37.0 Å². The summed E-state index contributed by atoms with van der Waals surface area (Å²) in [6.07, 6.45) is 0. The topological polar surface area (TPSA) is 137 Å². The Hall–Kier alpha value is -4.79. The summed E-state index contributed by atoms with van der Waals surface area (Å²) in [5.41, 5.74) is 0.703. The van der Waals surface area contributed by atoms with E-state index in [4.69, 9.17) is 0 Å². The molecule has 158 valence electrons. The molecule has 0 bridgehead atoms. The molecule has 4 rings (SSSR count). The molecule has 3 aromatic carbocycles. The van der Waals surface area contributed by atoms with Gasteiger partial charge in [0.2, 0.25) is 11.9 Å². The van der Waals surface area contributed by atoms with Crippen molar-refractivity contribution in [2.24, 2.45) is 0 Å². The van der Waals surface area contributed by atoms with Gasteiger partial charge in [0, 0.05) is 5.56 Å². The predicted octanol–water partition coefficient (Wildman–Crippen LogP) is 3.45. The van der Waals surface area contributed by atoms with Crippen molar-refractivity contribution in [1.29, 1.82) is 0 Å². The maximum absolute atomic E-state index is 12.6. The summed E-state index contributed by atoms with van der Waals surface area (Å²) in [6, 6.07) is 21.0. The Balaban J connectivity index is 1.68. The highest BCUT2D eigenvalue weighted by molar-refractivity contribution is 6.06. The van der Waals surface area contributed by atoms with Crippen LogP contribution in [0.25, 0.3) is 11.4 Å². The summed E-state index contributed by atoms with van der Waals surface area (Å²) in [5.74, 6) is -1.71. The van der Waals surface area contributed by atoms with E-state index < -0.39 is 11.8 Å². The number of amides is 2. The number of hydrogen-bond acceptors (Lipinski definition) is 7. The zero-order chi connectivity index (χ0) is 22.5. The van der Waals surface area contributed by atoms with E-state index in [0.29, 0.717) is 5.56 Å². The summed E-state index contributed by atoms with van der Waals surface area (Å²) < 4.78 is 0. The Morgan fingerprint density at radius 1 is 0.594 bits per heavy atom. The van der Waals surface area contributed by atoms with E-state index in [9.17, 15) is 19.8 Å². The first kappa shape index (κ1) is 20.5. The zero-order valence-electron chi connectivity index (χ0n) is 16.6. The van der Waals surface area contributed by atoms with Gasteiger partial charge in [0.05, 0.1) is 11.1 Å². The van der Waals surface area contributed by atoms with Crippen LogP contribution in [0.5, 0.6) is 11.5 Å². The number of phenolic OH excluding ortho intramolecular Hbond substituents is 2. The molecule has 1 aromatic heterocycles. The van der Waals surface area contributed by atoms with Crippen LogP contribution in [0.1, 0.15) is 20.7 Å². The second kappa shape index (κ2) is 8.92. The van der Waals surface area contributed by atoms with Gasteiger partial charge in [-0.2, -0.15) is 15.0 Å². The number of anilines is 2. The molecular weight excluding hydrogens is 410 g/mol. The third kappa shape index (κ3) is 4.51. The van der Waals surface area contributed by atoms with Crippen LogP contribution in [-0.2, 0) is 0 Å². The summed E-state index contributed by atoms with van der Waals surface area (Å²) in [5, 5.41) is 24.9. The molecule has 0 aliphatic heterocycles. The smallest absolute Gasteiger partial charge is 0.261 e. The standard InChI is InChI=1S/C23H17N5O4/c29-17-12-6-4-10-15(17)20(31)26-22-24-19(14-8-2-1-3-9-14)25-23(28-22)27-21(32)16-11-5-7-13-18(16)30/h1-13,29-30H,(H2,24,25,26,27,28,31,32).